The van der Waals surface area contributed by atoms with E-state index in [1.807, 2.05) is 0 Å². The lowest BCUT2D eigenvalue weighted by Crippen LogP contribution is -2.10. The van der Waals surface area contributed by atoms with Crippen molar-refractivity contribution in [2.45, 2.75) is 12.5 Å². The van der Waals surface area contributed by atoms with Crippen LogP contribution in [0.1, 0.15) is 18.0 Å². The summed E-state index contributed by atoms with van der Waals surface area (Å²) < 4.78 is 5.65. The summed E-state index contributed by atoms with van der Waals surface area (Å²) in [6.07, 6.45) is 2.15. The third kappa shape index (κ3) is 2.32. The number of rotatable bonds is 3. The first kappa shape index (κ1) is 8.77. The highest BCUT2D eigenvalue weighted by molar-refractivity contribution is 9.10. The van der Waals surface area contributed by atoms with Crippen molar-refractivity contribution in [3.63, 3.8) is 0 Å². The average molecular weight is 220 g/mol. The molecule has 1 heterocycles. The zero-order valence-corrected chi connectivity index (χ0v) is 7.54. The van der Waals surface area contributed by atoms with E-state index in [-0.39, 0.29) is 12.6 Å². The number of hydrogen-bond donors (Lipinski definition) is 2. The van der Waals surface area contributed by atoms with Gasteiger partial charge in [0.25, 0.3) is 0 Å². The molecule has 1 aromatic heterocycles. The fourth-order valence-electron chi connectivity index (χ4n) is 0.824. The van der Waals surface area contributed by atoms with Gasteiger partial charge in [0.15, 0.2) is 4.67 Å². The maximum absolute atomic E-state index is 8.58. The Kier molecular flexibility index (Phi) is 3.11. The number of aliphatic hydroxyl groups is 1. The molecule has 0 radical (unpaired) electrons. The fraction of sp³-hybridized carbons (Fsp3) is 0.429. The van der Waals surface area contributed by atoms with Gasteiger partial charge in [-0.1, -0.05) is 0 Å². The van der Waals surface area contributed by atoms with E-state index < -0.39 is 0 Å². The molecular weight excluding hydrogens is 210 g/mol. The highest BCUT2D eigenvalue weighted by atomic mass is 79.9. The first-order valence-electron chi connectivity index (χ1n) is 3.34. The summed E-state index contributed by atoms with van der Waals surface area (Å²) >= 11 is 3.17. The Bertz CT molecular complexity index is 224. The SMILES string of the molecule is NC(CCO)c1coc(Br)c1. The summed E-state index contributed by atoms with van der Waals surface area (Å²) in [5, 5.41) is 8.58. The molecule has 1 aromatic rings. The van der Waals surface area contributed by atoms with Gasteiger partial charge in [0.05, 0.1) is 6.26 Å². The second-order valence-electron chi connectivity index (χ2n) is 2.30. The molecule has 0 aliphatic carbocycles. The van der Waals surface area contributed by atoms with Crippen LogP contribution in [0.3, 0.4) is 0 Å². The van der Waals surface area contributed by atoms with Crippen molar-refractivity contribution in [2.24, 2.45) is 5.73 Å². The third-order valence-electron chi connectivity index (χ3n) is 1.46. The molecule has 4 heteroatoms. The predicted molar refractivity (Wildman–Crippen MR) is 45.0 cm³/mol. The minimum absolute atomic E-state index is 0.101. The lowest BCUT2D eigenvalue weighted by molar-refractivity contribution is 0.276. The van der Waals surface area contributed by atoms with Crippen LogP contribution in [0.25, 0.3) is 0 Å². The van der Waals surface area contributed by atoms with Crippen molar-refractivity contribution in [3.8, 4) is 0 Å². The van der Waals surface area contributed by atoms with Crippen LogP contribution in [0.5, 0.6) is 0 Å². The quantitative estimate of drug-likeness (QED) is 0.809. The van der Waals surface area contributed by atoms with Gasteiger partial charge in [-0.25, -0.2) is 0 Å². The van der Waals surface area contributed by atoms with Gasteiger partial charge in [0, 0.05) is 18.2 Å². The lowest BCUT2D eigenvalue weighted by atomic mass is 10.1. The molecule has 11 heavy (non-hydrogen) atoms. The van der Waals surface area contributed by atoms with Crippen molar-refractivity contribution in [1.82, 2.24) is 0 Å². The van der Waals surface area contributed by atoms with Crippen molar-refractivity contribution in [1.29, 1.82) is 0 Å². The van der Waals surface area contributed by atoms with Crippen LogP contribution in [0, 0.1) is 0 Å². The standard InChI is InChI=1S/C7H10BrNO2/c8-7-3-5(4-11-7)6(9)1-2-10/h3-4,6,10H,1-2,9H2. The van der Waals surface area contributed by atoms with Gasteiger partial charge in [-0.15, -0.1) is 0 Å². The zero-order chi connectivity index (χ0) is 8.27. The van der Waals surface area contributed by atoms with Crippen LogP contribution in [0.2, 0.25) is 0 Å². The normalized spacial score (nSPS) is 13.4. The Labute approximate surface area is 73.3 Å². The van der Waals surface area contributed by atoms with Crippen LogP contribution in [-0.2, 0) is 0 Å². The van der Waals surface area contributed by atoms with Gasteiger partial charge in [0.1, 0.15) is 0 Å². The van der Waals surface area contributed by atoms with E-state index in [0.29, 0.717) is 11.1 Å². The van der Waals surface area contributed by atoms with Crippen molar-refractivity contribution in [3.05, 3.63) is 22.6 Å². The topological polar surface area (TPSA) is 59.4 Å². The smallest absolute Gasteiger partial charge is 0.169 e. The Morgan fingerprint density at radius 3 is 2.91 bits per heavy atom. The molecule has 62 valence electrons. The monoisotopic (exact) mass is 219 g/mol. The largest absolute Gasteiger partial charge is 0.457 e. The molecule has 1 rings (SSSR count). The van der Waals surface area contributed by atoms with Gasteiger partial charge >= 0.3 is 0 Å². The average Bonchev–Trinajstić information content (AvgIpc) is 2.36. The minimum atomic E-state index is -0.130. The molecular formula is C7H10BrNO2. The van der Waals surface area contributed by atoms with Gasteiger partial charge in [-0.05, 0) is 28.4 Å². The van der Waals surface area contributed by atoms with Gasteiger partial charge in [-0.3, -0.25) is 0 Å². The molecule has 0 aliphatic heterocycles. The van der Waals surface area contributed by atoms with E-state index in [0.717, 1.165) is 5.56 Å². The fourth-order valence-corrected chi connectivity index (χ4v) is 1.18. The van der Waals surface area contributed by atoms with Crippen LogP contribution in [0.15, 0.2) is 21.4 Å². The van der Waals surface area contributed by atoms with Gasteiger partial charge < -0.3 is 15.3 Å². The lowest BCUT2D eigenvalue weighted by Gasteiger charge is -2.04. The number of halogens is 1. The molecule has 0 saturated carbocycles. The maximum Gasteiger partial charge on any atom is 0.169 e. The van der Waals surface area contributed by atoms with Gasteiger partial charge in [-0.2, -0.15) is 0 Å². The highest BCUT2D eigenvalue weighted by Gasteiger charge is 2.07. The number of aliphatic hydroxyl groups excluding tert-OH is 1. The van der Waals surface area contributed by atoms with Crippen molar-refractivity contribution >= 4 is 15.9 Å². The summed E-state index contributed by atoms with van der Waals surface area (Å²) in [5.74, 6) is 0. The third-order valence-corrected chi connectivity index (χ3v) is 1.87. The van der Waals surface area contributed by atoms with Crippen LogP contribution >= 0.6 is 15.9 Å². The van der Waals surface area contributed by atoms with E-state index in [4.69, 9.17) is 15.3 Å². The Hall–Kier alpha value is -0.320. The maximum atomic E-state index is 8.58. The first-order chi connectivity index (χ1) is 5.24. The van der Waals surface area contributed by atoms with Crippen molar-refractivity contribution in [2.75, 3.05) is 6.61 Å². The first-order valence-corrected chi connectivity index (χ1v) is 4.13. The molecule has 0 spiro atoms. The van der Waals surface area contributed by atoms with E-state index in [1.54, 1.807) is 12.3 Å². The predicted octanol–water partition coefficient (Wildman–Crippen LogP) is 1.42. The minimum Gasteiger partial charge on any atom is -0.457 e. The number of nitrogens with two attached hydrogens (primary N) is 1. The van der Waals surface area contributed by atoms with Gasteiger partial charge in [0.2, 0.25) is 0 Å². The molecule has 0 saturated heterocycles. The van der Waals surface area contributed by atoms with Crippen LogP contribution < -0.4 is 5.73 Å². The second-order valence-corrected chi connectivity index (χ2v) is 3.08. The summed E-state index contributed by atoms with van der Waals surface area (Å²) in [7, 11) is 0. The summed E-state index contributed by atoms with van der Waals surface area (Å²) in [6, 6.07) is 1.68. The Balaban J connectivity index is 2.60. The number of furan rings is 1. The Morgan fingerprint density at radius 2 is 2.45 bits per heavy atom. The Morgan fingerprint density at radius 1 is 1.73 bits per heavy atom. The summed E-state index contributed by atoms with van der Waals surface area (Å²) in [4.78, 5) is 0. The molecule has 0 bridgehead atoms. The highest BCUT2D eigenvalue weighted by Crippen LogP contribution is 2.20. The molecule has 0 aliphatic rings. The van der Waals surface area contributed by atoms with E-state index in [9.17, 15) is 0 Å². The molecule has 3 N–H and O–H groups in total. The molecule has 3 nitrogen and oxygen atoms in total. The van der Waals surface area contributed by atoms with Crippen LogP contribution in [0.4, 0.5) is 0 Å². The van der Waals surface area contributed by atoms with E-state index >= 15 is 0 Å². The molecule has 0 fully saturated rings. The molecule has 0 amide bonds. The molecule has 1 unspecified atom stereocenters. The summed E-state index contributed by atoms with van der Waals surface area (Å²) in [6.45, 7) is 0.101. The molecule has 1 atom stereocenters. The summed E-state index contributed by atoms with van der Waals surface area (Å²) in [5.41, 5.74) is 6.59. The van der Waals surface area contributed by atoms with Crippen molar-refractivity contribution < 1.29 is 9.52 Å². The van der Waals surface area contributed by atoms with Crippen LogP contribution in [-0.4, -0.2) is 11.7 Å². The zero-order valence-electron chi connectivity index (χ0n) is 5.96. The second kappa shape index (κ2) is 3.90. The van der Waals surface area contributed by atoms with E-state index in [2.05, 4.69) is 15.9 Å². The molecule has 0 aromatic carbocycles. The van der Waals surface area contributed by atoms with E-state index in [1.165, 1.54) is 0 Å². The number of hydrogen-bond acceptors (Lipinski definition) is 3.